The molecule has 0 aromatic heterocycles. The monoisotopic (exact) mass is 353 g/mol. The van der Waals surface area contributed by atoms with Gasteiger partial charge in [-0.25, -0.2) is 0 Å². The van der Waals surface area contributed by atoms with Crippen LogP contribution >= 0.6 is 0 Å². The largest absolute Gasteiger partial charge is 0.392 e. The number of anilines is 1. The summed E-state index contributed by atoms with van der Waals surface area (Å²) in [5.74, 6) is 0.0688. The van der Waals surface area contributed by atoms with Gasteiger partial charge in [0.2, 0.25) is 5.91 Å². The number of benzene rings is 2. The highest BCUT2D eigenvalue weighted by Gasteiger charge is 2.23. The van der Waals surface area contributed by atoms with Gasteiger partial charge in [0, 0.05) is 37.4 Å². The molecule has 26 heavy (non-hydrogen) atoms. The Hall–Kier alpha value is -2.21. The topological polar surface area (TPSA) is 47.0 Å². The number of carbonyl (C=O) groups excluding carboxylic acids is 1. The van der Waals surface area contributed by atoms with Gasteiger partial charge in [-0.1, -0.05) is 48.5 Å². The van der Waals surface area contributed by atoms with Crippen molar-refractivity contribution >= 4 is 11.6 Å². The number of para-hydroxylation sites is 1. The molecule has 5 heteroatoms. The van der Waals surface area contributed by atoms with Gasteiger partial charge in [0.15, 0.2) is 0 Å². The van der Waals surface area contributed by atoms with Gasteiger partial charge in [-0.15, -0.1) is 0 Å². The molecule has 0 atom stereocenters. The van der Waals surface area contributed by atoms with Crippen molar-refractivity contribution in [1.82, 2.24) is 9.80 Å². The van der Waals surface area contributed by atoms with Crippen LogP contribution in [0.3, 0.4) is 0 Å². The lowest BCUT2D eigenvalue weighted by Crippen LogP contribution is -2.49. The zero-order chi connectivity index (χ0) is 18.4. The maximum absolute atomic E-state index is 13.2. The summed E-state index contributed by atoms with van der Waals surface area (Å²) >= 11 is 0. The van der Waals surface area contributed by atoms with Crippen LogP contribution in [0.2, 0.25) is 0 Å². The van der Waals surface area contributed by atoms with Crippen molar-refractivity contribution in [1.29, 1.82) is 0 Å². The predicted octanol–water partition coefficient (Wildman–Crippen LogP) is 1.96. The van der Waals surface area contributed by atoms with E-state index >= 15 is 0 Å². The van der Waals surface area contributed by atoms with Crippen molar-refractivity contribution in [3.63, 3.8) is 0 Å². The second-order valence-electron chi connectivity index (χ2n) is 6.83. The van der Waals surface area contributed by atoms with Crippen LogP contribution in [0, 0.1) is 0 Å². The number of aliphatic hydroxyl groups is 1. The van der Waals surface area contributed by atoms with Gasteiger partial charge in [0.1, 0.15) is 0 Å². The van der Waals surface area contributed by atoms with Crippen molar-refractivity contribution in [2.75, 3.05) is 44.7 Å². The number of piperazine rings is 1. The fourth-order valence-corrected chi connectivity index (χ4v) is 3.26. The Balaban J connectivity index is 1.81. The molecule has 0 aliphatic carbocycles. The molecule has 1 saturated heterocycles. The highest BCUT2D eigenvalue weighted by molar-refractivity contribution is 5.95. The first-order valence-corrected chi connectivity index (χ1v) is 9.11. The van der Waals surface area contributed by atoms with E-state index in [2.05, 4.69) is 16.8 Å². The van der Waals surface area contributed by atoms with Crippen LogP contribution in [0.25, 0.3) is 0 Å². The highest BCUT2D eigenvalue weighted by atomic mass is 16.3. The van der Waals surface area contributed by atoms with Crippen LogP contribution < -0.4 is 4.90 Å². The van der Waals surface area contributed by atoms with E-state index in [-0.39, 0.29) is 12.5 Å². The van der Waals surface area contributed by atoms with Gasteiger partial charge in [-0.05, 0) is 18.7 Å². The summed E-state index contributed by atoms with van der Waals surface area (Å²) in [6, 6.07) is 17.6. The van der Waals surface area contributed by atoms with Crippen LogP contribution in [-0.2, 0) is 17.9 Å². The molecule has 1 amide bonds. The lowest BCUT2D eigenvalue weighted by atomic mass is 10.1. The number of amides is 1. The van der Waals surface area contributed by atoms with Crippen LogP contribution in [-0.4, -0.2) is 60.6 Å². The van der Waals surface area contributed by atoms with Gasteiger partial charge in [-0.2, -0.15) is 0 Å². The lowest BCUT2D eigenvalue weighted by molar-refractivity contribution is -0.120. The zero-order valence-electron chi connectivity index (χ0n) is 15.3. The molecule has 1 aliphatic rings. The Labute approximate surface area is 155 Å². The molecule has 0 unspecified atom stereocenters. The summed E-state index contributed by atoms with van der Waals surface area (Å²) in [6.07, 6.45) is 0. The highest BCUT2D eigenvalue weighted by Crippen LogP contribution is 2.23. The molecule has 0 radical (unpaired) electrons. The van der Waals surface area contributed by atoms with E-state index < -0.39 is 0 Å². The molecular weight excluding hydrogens is 326 g/mol. The minimum atomic E-state index is -0.0801. The summed E-state index contributed by atoms with van der Waals surface area (Å²) < 4.78 is 0. The van der Waals surface area contributed by atoms with Gasteiger partial charge >= 0.3 is 0 Å². The average Bonchev–Trinajstić information content (AvgIpc) is 2.68. The molecule has 2 aromatic carbocycles. The number of hydrogen-bond acceptors (Lipinski definition) is 4. The second-order valence-corrected chi connectivity index (χ2v) is 6.83. The quantitative estimate of drug-likeness (QED) is 0.862. The molecule has 0 spiro atoms. The van der Waals surface area contributed by atoms with Crippen molar-refractivity contribution in [3.05, 3.63) is 65.7 Å². The molecule has 0 saturated carbocycles. The number of likely N-dealkylation sites (N-methyl/N-ethyl adjacent to an activating group) is 1. The molecule has 2 aromatic rings. The smallest absolute Gasteiger partial charge is 0.241 e. The number of carbonyl (C=O) groups is 1. The van der Waals surface area contributed by atoms with Crippen LogP contribution in [0.4, 0.5) is 5.69 Å². The van der Waals surface area contributed by atoms with Crippen molar-refractivity contribution < 1.29 is 9.90 Å². The van der Waals surface area contributed by atoms with Gasteiger partial charge in [0.25, 0.3) is 0 Å². The molecule has 1 fully saturated rings. The summed E-state index contributed by atoms with van der Waals surface area (Å²) in [5.41, 5.74) is 2.64. The van der Waals surface area contributed by atoms with E-state index in [0.29, 0.717) is 13.1 Å². The molecule has 5 nitrogen and oxygen atoms in total. The van der Waals surface area contributed by atoms with Crippen LogP contribution in [0.5, 0.6) is 0 Å². The van der Waals surface area contributed by atoms with Gasteiger partial charge in [-0.3, -0.25) is 9.69 Å². The summed E-state index contributed by atoms with van der Waals surface area (Å²) in [6.45, 7) is 4.61. The standard InChI is InChI=1S/C21H27N3O2/c1-22-11-13-23(14-12-22)16-21(26)24(15-18-7-3-2-4-8-18)20-10-6-5-9-19(20)17-25/h2-10,25H,11-17H2,1H3. The third-order valence-corrected chi connectivity index (χ3v) is 4.89. The molecule has 1 heterocycles. The summed E-state index contributed by atoms with van der Waals surface area (Å²) in [4.78, 5) is 19.5. The third kappa shape index (κ3) is 4.69. The SMILES string of the molecule is CN1CCN(CC(=O)N(Cc2ccccc2)c2ccccc2CO)CC1. The minimum absolute atomic E-state index is 0.0688. The van der Waals surface area contributed by atoms with Crippen molar-refractivity contribution in [2.24, 2.45) is 0 Å². The Morgan fingerprint density at radius 1 is 1.00 bits per heavy atom. The fraction of sp³-hybridized carbons (Fsp3) is 0.381. The van der Waals surface area contributed by atoms with E-state index in [9.17, 15) is 9.90 Å². The summed E-state index contributed by atoms with van der Waals surface area (Å²) in [7, 11) is 2.11. The van der Waals surface area contributed by atoms with E-state index in [1.54, 1.807) is 4.90 Å². The van der Waals surface area contributed by atoms with Crippen LogP contribution in [0.15, 0.2) is 54.6 Å². The van der Waals surface area contributed by atoms with E-state index in [4.69, 9.17) is 0 Å². The average molecular weight is 353 g/mol. The molecule has 138 valence electrons. The molecule has 0 bridgehead atoms. The predicted molar refractivity (Wildman–Crippen MR) is 104 cm³/mol. The number of aliphatic hydroxyl groups excluding tert-OH is 1. The summed E-state index contributed by atoms with van der Waals surface area (Å²) in [5, 5.41) is 9.71. The molecular formula is C21H27N3O2. The first-order chi connectivity index (χ1) is 12.7. The van der Waals surface area contributed by atoms with E-state index in [0.717, 1.165) is 43.0 Å². The van der Waals surface area contributed by atoms with Crippen molar-refractivity contribution in [2.45, 2.75) is 13.2 Å². The number of rotatable bonds is 6. The normalized spacial score (nSPS) is 15.8. The first-order valence-electron chi connectivity index (χ1n) is 9.11. The number of hydrogen-bond donors (Lipinski definition) is 1. The number of nitrogens with zero attached hydrogens (tertiary/aromatic N) is 3. The molecule has 1 aliphatic heterocycles. The Kier molecular flexibility index (Phi) is 6.39. The third-order valence-electron chi connectivity index (χ3n) is 4.89. The van der Waals surface area contributed by atoms with E-state index in [1.165, 1.54) is 0 Å². The maximum Gasteiger partial charge on any atom is 0.241 e. The Morgan fingerprint density at radius 3 is 2.35 bits per heavy atom. The van der Waals surface area contributed by atoms with Crippen molar-refractivity contribution in [3.8, 4) is 0 Å². The zero-order valence-corrected chi connectivity index (χ0v) is 15.3. The van der Waals surface area contributed by atoms with Crippen LogP contribution in [0.1, 0.15) is 11.1 Å². The Bertz CT molecular complexity index is 712. The van der Waals surface area contributed by atoms with Gasteiger partial charge in [0.05, 0.1) is 19.7 Å². The molecule has 1 N–H and O–H groups in total. The second kappa shape index (κ2) is 8.94. The fourth-order valence-electron chi connectivity index (χ4n) is 3.26. The van der Waals surface area contributed by atoms with Gasteiger partial charge < -0.3 is 14.9 Å². The van der Waals surface area contributed by atoms with E-state index in [1.807, 2.05) is 54.6 Å². The lowest BCUT2D eigenvalue weighted by Gasteiger charge is -2.34. The minimum Gasteiger partial charge on any atom is -0.392 e. The molecule has 3 rings (SSSR count). The Morgan fingerprint density at radius 2 is 1.65 bits per heavy atom. The first kappa shape index (κ1) is 18.6. The maximum atomic E-state index is 13.2.